The van der Waals surface area contributed by atoms with Crippen molar-refractivity contribution in [3.05, 3.63) is 65.2 Å². The minimum Gasteiger partial charge on any atom is -0.367 e. The highest BCUT2D eigenvalue weighted by molar-refractivity contribution is 5.95. The smallest absolute Gasteiger partial charge is 0.367 e. The molecular weight excluding hydrogens is 397 g/mol. The van der Waals surface area contributed by atoms with Crippen LogP contribution in [0.4, 0.5) is 18.9 Å². The zero-order valence-electron chi connectivity index (χ0n) is 16.4. The minimum atomic E-state index is -4.36. The first kappa shape index (κ1) is 21.8. The zero-order chi connectivity index (χ0) is 21.6. The van der Waals surface area contributed by atoms with Crippen molar-refractivity contribution in [3.8, 4) is 0 Å². The SMILES string of the molecule is O=C(NCc1cccc(N2CCCCC2=O)c1)c1ccc(COCC(F)(F)F)cc1. The minimum absolute atomic E-state index is 0.113. The fourth-order valence-corrected chi connectivity index (χ4v) is 3.23. The van der Waals surface area contributed by atoms with E-state index < -0.39 is 12.8 Å². The van der Waals surface area contributed by atoms with E-state index in [4.69, 9.17) is 0 Å². The van der Waals surface area contributed by atoms with E-state index in [2.05, 4.69) is 10.1 Å². The first-order valence-corrected chi connectivity index (χ1v) is 9.73. The van der Waals surface area contributed by atoms with Gasteiger partial charge in [0.05, 0.1) is 6.61 Å². The van der Waals surface area contributed by atoms with E-state index >= 15 is 0 Å². The number of carbonyl (C=O) groups is 2. The van der Waals surface area contributed by atoms with Crippen LogP contribution < -0.4 is 10.2 Å². The van der Waals surface area contributed by atoms with E-state index in [0.29, 0.717) is 30.6 Å². The molecule has 1 aliphatic rings. The topological polar surface area (TPSA) is 58.6 Å². The molecule has 2 aromatic rings. The zero-order valence-corrected chi connectivity index (χ0v) is 16.4. The Balaban J connectivity index is 1.53. The number of nitrogens with one attached hydrogen (secondary N) is 1. The summed E-state index contributed by atoms with van der Waals surface area (Å²) >= 11 is 0. The second-order valence-electron chi connectivity index (χ2n) is 7.16. The van der Waals surface area contributed by atoms with Crippen molar-refractivity contribution in [1.29, 1.82) is 0 Å². The molecule has 0 aromatic heterocycles. The molecule has 2 amide bonds. The van der Waals surface area contributed by atoms with Crippen molar-refractivity contribution in [1.82, 2.24) is 5.32 Å². The average Bonchev–Trinajstić information content (AvgIpc) is 2.72. The van der Waals surface area contributed by atoms with Gasteiger partial charge < -0.3 is 15.0 Å². The molecule has 0 atom stereocenters. The highest BCUT2D eigenvalue weighted by Crippen LogP contribution is 2.22. The lowest BCUT2D eigenvalue weighted by atomic mass is 10.1. The first-order valence-electron chi connectivity index (χ1n) is 9.73. The van der Waals surface area contributed by atoms with Gasteiger partial charge in [0, 0.05) is 30.8 Å². The average molecular weight is 420 g/mol. The molecule has 5 nitrogen and oxygen atoms in total. The first-order chi connectivity index (χ1) is 14.3. The molecule has 0 aliphatic carbocycles. The second kappa shape index (κ2) is 9.75. The number of nitrogens with zero attached hydrogens (tertiary/aromatic N) is 1. The number of alkyl halides is 3. The molecule has 8 heteroatoms. The van der Waals surface area contributed by atoms with Crippen molar-refractivity contribution >= 4 is 17.5 Å². The van der Waals surface area contributed by atoms with Crippen molar-refractivity contribution in [2.75, 3.05) is 18.1 Å². The van der Waals surface area contributed by atoms with Crippen LogP contribution in [0, 0.1) is 0 Å². The van der Waals surface area contributed by atoms with Crippen molar-refractivity contribution in [2.24, 2.45) is 0 Å². The highest BCUT2D eigenvalue weighted by atomic mass is 19.4. The number of hydrogen-bond donors (Lipinski definition) is 1. The van der Waals surface area contributed by atoms with Crippen molar-refractivity contribution in [3.63, 3.8) is 0 Å². The Morgan fingerprint density at radius 3 is 2.53 bits per heavy atom. The van der Waals surface area contributed by atoms with E-state index in [9.17, 15) is 22.8 Å². The molecule has 30 heavy (non-hydrogen) atoms. The van der Waals surface area contributed by atoms with Crippen LogP contribution in [0.15, 0.2) is 48.5 Å². The molecule has 160 valence electrons. The van der Waals surface area contributed by atoms with E-state index in [-0.39, 0.29) is 18.4 Å². The Labute approximate surface area is 172 Å². The van der Waals surface area contributed by atoms with Gasteiger partial charge >= 0.3 is 6.18 Å². The van der Waals surface area contributed by atoms with Gasteiger partial charge in [-0.1, -0.05) is 24.3 Å². The Bertz CT molecular complexity index is 882. The maximum Gasteiger partial charge on any atom is 0.411 e. The summed E-state index contributed by atoms with van der Waals surface area (Å²) < 4.78 is 40.9. The second-order valence-corrected chi connectivity index (χ2v) is 7.16. The molecule has 2 aromatic carbocycles. The largest absolute Gasteiger partial charge is 0.411 e. The lowest BCUT2D eigenvalue weighted by Crippen LogP contribution is -2.35. The number of ether oxygens (including phenoxy) is 1. The lowest BCUT2D eigenvalue weighted by molar-refractivity contribution is -0.176. The van der Waals surface area contributed by atoms with Crippen LogP contribution in [0.25, 0.3) is 0 Å². The van der Waals surface area contributed by atoms with Gasteiger partial charge in [0.15, 0.2) is 0 Å². The van der Waals surface area contributed by atoms with Crippen LogP contribution in [0.3, 0.4) is 0 Å². The number of piperidine rings is 1. The molecule has 0 spiro atoms. The Kier molecular flexibility index (Phi) is 7.10. The lowest BCUT2D eigenvalue weighted by Gasteiger charge is -2.27. The third-order valence-electron chi connectivity index (χ3n) is 4.75. The molecule has 1 N–H and O–H groups in total. The van der Waals surface area contributed by atoms with Crippen LogP contribution in [-0.4, -0.2) is 31.1 Å². The van der Waals surface area contributed by atoms with Crippen LogP contribution in [0.1, 0.15) is 40.7 Å². The van der Waals surface area contributed by atoms with Gasteiger partial charge in [-0.15, -0.1) is 0 Å². The summed E-state index contributed by atoms with van der Waals surface area (Å²) in [6.07, 6.45) is -1.92. The van der Waals surface area contributed by atoms with E-state index in [1.807, 2.05) is 24.3 Å². The molecule has 1 aliphatic heterocycles. The summed E-state index contributed by atoms with van der Waals surface area (Å²) in [5, 5.41) is 2.82. The molecule has 1 saturated heterocycles. The third kappa shape index (κ3) is 6.32. The van der Waals surface area contributed by atoms with Crippen LogP contribution in [0.2, 0.25) is 0 Å². The van der Waals surface area contributed by atoms with Gasteiger partial charge in [0.2, 0.25) is 5.91 Å². The molecule has 0 unspecified atom stereocenters. The van der Waals surface area contributed by atoms with E-state index in [0.717, 1.165) is 24.1 Å². The summed E-state index contributed by atoms with van der Waals surface area (Å²) in [6.45, 7) is -0.487. The molecule has 1 heterocycles. The van der Waals surface area contributed by atoms with Crippen LogP contribution in [-0.2, 0) is 22.7 Å². The third-order valence-corrected chi connectivity index (χ3v) is 4.75. The number of benzene rings is 2. The number of amides is 2. The Morgan fingerprint density at radius 2 is 1.83 bits per heavy atom. The van der Waals surface area contributed by atoms with Gasteiger partial charge in [-0.25, -0.2) is 0 Å². The fourth-order valence-electron chi connectivity index (χ4n) is 3.23. The van der Waals surface area contributed by atoms with Gasteiger partial charge in [0.25, 0.3) is 5.91 Å². The van der Waals surface area contributed by atoms with Crippen LogP contribution in [0.5, 0.6) is 0 Å². The molecular formula is C22H23F3N2O3. The maximum atomic E-state index is 12.4. The standard InChI is InChI=1S/C22H23F3N2O3/c23-22(24,25)15-30-14-16-7-9-18(10-8-16)21(29)26-13-17-4-3-5-19(12-17)27-11-2-1-6-20(27)28/h3-5,7-10,12H,1-2,6,11,13-15H2,(H,26,29). The van der Waals surface area contributed by atoms with Gasteiger partial charge in [-0.05, 0) is 48.2 Å². The van der Waals surface area contributed by atoms with Gasteiger partial charge in [-0.3, -0.25) is 9.59 Å². The summed E-state index contributed by atoms with van der Waals surface area (Å²) in [5.41, 5.74) is 2.65. The van der Waals surface area contributed by atoms with Gasteiger partial charge in [-0.2, -0.15) is 13.2 Å². The predicted octanol–water partition coefficient (Wildman–Crippen LogP) is 4.21. The molecule has 3 rings (SSSR count). The number of halogens is 3. The number of hydrogen-bond acceptors (Lipinski definition) is 3. The summed E-state index contributed by atoms with van der Waals surface area (Å²) in [7, 11) is 0. The molecule has 0 saturated carbocycles. The number of carbonyl (C=O) groups excluding carboxylic acids is 2. The van der Waals surface area contributed by atoms with Crippen molar-refractivity contribution in [2.45, 2.75) is 38.6 Å². The molecule has 0 bridgehead atoms. The monoisotopic (exact) mass is 420 g/mol. The predicted molar refractivity (Wildman–Crippen MR) is 106 cm³/mol. The van der Waals surface area contributed by atoms with Crippen LogP contribution >= 0.6 is 0 Å². The Morgan fingerprint density at radius 1 is 1.07 bits per heavy atom. The summed E-state index contributed by atoms with van der Waals surface area (Å²) in [6, 6.07) is 13.7. The summed E-state index contributed by atoms with van der Waals surface area (Å²) in [4.78, 5) is 26.2. The molecule has 0 radical (unpaired) electrons. The normalized spacial score (nSPS) is 14.6. The molecule has 1 fully saturated rings. The summed E-state index contributed by atoms with van der Waals surface area (Å²) in [5.74, 6) is -0.182. The van der Waals surface area contributed by atoms with E-state index in [1.165, 1.54) is 0 Å². The van der Waals surface area contributed by atoms with Crippen molar-refractivity contribution < 1.29 is 27.5 Å². The quantitative estimate of drug-likeness (QED) is 0.730. The fraction of sp³-hybridized carbons (Fsp3) is 0.364. The number of anilines is 1. The highest BCUT2D eigenvalue weighted by Gasteiger charge is 2.27. The van der Waals surface area contributed by atoms with E-state index in [1.54, 1.807) is 29.2 Å². The maximum absolute atomic E-state index is 12.4. The van der Waals surface area contributed by atoms with Gasteiger partial charge in [0.1, 0.15) is 6.61 Å². The number of rotatable bonds is 7. The Hall–Kier alpha value is -2.87.